The summed E-state index contributed by atoms with van der Waals surface area (Å²) in [4.78, 5) is 13.2. The van der Waals surface area contributed by atoms with Crippen LogP contribution in [0, 0.1) is 0 Å². The first-order valence-electron chi connectivity index (χ1n) is 9.77. The number of carbonyl (C=O) groups excluding carboxylic acids is 1. The Balaban J connectivity index is 1.55. The number of amides is 1. The molecule has 3 aromatic rings. The van der Waals surface area contributed by atoms with E-state index < -0.39 is 5.25 Å². The summed E-state index contributed by atoms with van der Waals surface area (Å²) in [6, 6.07) is 16.9. The SMILES string of the molecule is COc1cccc(NC(=O)C(Sc2nnnn2CC2CCCO2)c2ccccc2)c1. The van der Waals surface area contributed by atoms with Gasteiger partial charge in [0.2, 0.25) is 11.1 Å². The first-order chi connectivity index (χ1) is 14.7. The molecule has 0 aliphatic carbocycles. The lowest BCUT2D eigenvalue weighted by atomic mass is 10.1. The third-order valence-electron chi connectivity index (χ3n) is 4.80. The molecule has 1 fully saturated rings. The van der Waals surface area contributed by atoms with Gasteiger partial charge in [0.05, 0.1) is 19.8 Å². The molecular formula is C21H23N5O3S. The van der Waals surface area contributed by atoms with Crippen LogP contribution in [0.15, 0.2) is 59.8 Å². The van der Waals surface area contributed by atoms with Gasteiger partial charge in [0.25, 0.3) is 0 Å². The average Bonchev–Trinajstić information content (AvgIpc) is 3.45. The normalized spacial score (nSPS) is 16.9. The number of benzene rings is 2. The fraction of sp³-hybridized carbons (Fsp3) is 0.333. The Morgan fingerprint density at radius 2 is 2.17 bits per heavy atom. The summed E-state index contributed by atoms with van der Waals surface area (Å²) in [5.74, 6) is 0.517. The molecule has 2 heterocycles. The summed E-state index contributed by atoms with van der Waals surface area (Å²) in [6.07, 6.45) is 2.14. The molecule has 30 heavy (non-hydrogen) atoms. The first kappa shape index (κ1) is 20.4. The van der Waals surface area contributed by atoms with Crippen molar-refractivity contribution in [3.63, 3.8) is 0 Å². The molecule has 0 spiro atoms. The van der Waals surface area contributed by atoms with Gasteiger partial charge >= 0.3 is 0 Å². The van der Waals surface area contributed by atoms with E-state index in [-0.39, 0.29) is 12.0 Å². The maximum absolute atomic E-state index is 13.2. The molecule has 1 amide bonds. The number of anilines is 1. The van der Waals surface area contributed by atoms with Crippen LogP contribution >= 0.6 is 11.8 Å². The van der Waals surface area contributed by atoms with Gasteiger partial charge in [-0.3, -0.25) is 4.79 Å². The van der Waals surface area contributed by atoms with Crippen LogP contribution < -0.4 is 10.1 Å². The number of tetrazole rings is 1. The van der Waals surface area contributed by atoms with Gasteiger partial charge in [-0.25, -0.2) is 4.68 Å². The number of thioether (sulfide) groups is 1. The molecule has 1 aliphatic rings. The van der Waals surface area contributed by atoms with Crippen LogP contribution in [0.4, 0.5) is 5.69 Å². The number of ether oxygens (including phenoxy) is 2. The van der Waals surface area contributed by atoms with E-state index in [0.29, 0.717) is 23.1 Å². The van der Waals surface area contributed by atoms with Crippen molar-refractivity contribution >= 4 is 23.4 Å². The fourth-order valence-electron chi connectivity index (χ4n) is 3.29. The second kappa shape index (κ2) is 9.73. The number of hydrogen-bond acceptors (Lipinski definition) is 7. The van der Waals surface area contributed by atoms with E-state index in [1.165, 1.54) is 11.8 Å². The summed E-state index contributed by atoms with van der Waals surface area (Å²) in [6.45, 7) is 1.35. The Kier molecular flexibility index (Phi) is 6.60. The highest BCUT2D eigenvalue weighted by molar-refractivity contribution is 8.00. The highest BCUT2D eigenvalue weighted by Crippen LogP contribution is 2.35. The number of aromatic nitrogens is 4. The van der Waals surface area contributed by atoms with Crippen LogP contribution in [0.5, 0.6) is 5.75 Å². The highest BCUT2D eigenvalue weighted by atomic mass is 32.2. The number of rotatable bonds is 8. The van der Waals surface area contributed by atoms with Crippen molar-refractivity contribution in [3.05, 3.63) is 60.2 Å². The Morgan fingerprint density at radius 3 is 2.93 bits per heavy atom. The van der Waals surface area contributed by atoms with Crippen LogP contribution in [0.25, 0.3) is 0 Å². The molecule has 2 unspecified atom stereocenters. The predicted octanol–water partition coefficient (Wildman–Crippen LogP) is 3.33. The van der Waals surface area contributed by atoms with E-state index in [2.05, 4.69) is 20.8 Å². The molecule has 1 N–H and O–H groups in total. The van der Waals surface area contributed by atoms with E-state index in [0.717, 1.165) is 25.0 Å². The van der Waals surface area contributed by atoms with Crippen LogP contribution in [-0.4, -0.2) is 45.9 Å². The molecule has 2 atom stereocenters. The van der Waals surface area contributed by atoms with Gasteiger partial charge in [0, 0.05) is 18.4 Å². The third-order valence-corrected chi connectivity index (χ3v) is 6.03. The lowest BCUT2D eigenvalue weighted by molar-refractivity contribution is -0.115. The standard InChI is InChI=1S/C21H23N5O3S/c1-28-17-10-5-9-16(13-17)22-20(27)19(15-7-3-2-4-8-15)30-21-23-24-25-26(21)14-18-11-6-12-29-18/h2-5,7-10,13,18-19H,6,11-12,14H2,1H3,(H,22,27). The minimum absolute atomic E-state index is 0.105. The van der Waals surface area contributed by atoms with Crippen molar-refractivity contribution < 1.29 is 14.3 Å². The molecule has 9 heteroatoms. The second-order valence-electron chi connectivity index (χ2n) is 6.91. The minimum Gasteiger partial charge on any atom is -0.497 e. The van der Waals surface area contributed by atoms with Gasteiger partial charge in [-0.2, -0.15) is 0 Å². The van der Waals surface area contributed by atoms with Crippen LogP contribution in [-0.2, 0) is 16.1 Å². The van der Waals surface area contributed by atoms with Gasteiger partial charge in [-0.1, -0.05) is 48.2 Å². The topological polar surface area (TPSA) is 91.2 Å². The quantitative estimate of drug-likeness (QED) is 0.554. The Morgan fingerprint density at radius 1 is 1.30 bits per heavy atom. The van der Waals surface area contributed by atoms with Crippen molar-refractivity contribution in [3.8, 4) is 5.75 Å². The molecule has 1 aromatic heterocycles. The summed E-state index contributed by atoms with van der Waals surface area (Å²) in [5.41, 5.74) is 1.54. The Hall–Kier alpha value is -2.91. The summed E-state index contributed by atoms with van der Waals surface area (Å²) < 4.78 is 12.7. The van der Waals surface area contributed by atoms with Crippen molar-refractivity contribution in [2.75, 3.05) is 19.0 Å². The van der Waals surface area contributed by atoms with Crippen molar-refractivity contribution in [1.29, 1.82) is 0 Å². The number of carbonyl (C=O) groups is 1. The van der Waals surface area contributed by atoms with Gasteiger partial charge in [0.15, 0.2) is 0 Å². The zero-order valence-electron chi connectivity index (χ0n) is 16.6. The molecule has 8 nitrogen and oxygen atoms in total. The molecule has 0 bridgehead atoms. The van der Waals surface area contributed by atoms with Crippen LogP contribution in [0.1, 0.15) is 23.7 Å². The van der Waals surface area contributed by atoms with E-state index in [9.17, 15) is 4.79 Å². The van der Waals surface area contributed by atoms with Crippen LogP contribution in [0.2, 0.25) is 0 Å². The largest absolute Gasteiger partial charge is 0.497 e. The zero-order valence-corrected chi connectivity index (χ0v) is 17.4. The highest BCUT2D eigenvalue weighted by Gasteiger charge is 2.26. The molecule has 0 saturated carbocycles. The molecular weight excluding hydrogens is 402 g/mol. The minimum atomic E-state index is -0.522. The zero-order chi connectivity index (χ0) is 20.8. The fourth-order valence-corrected chi connectivity index (χ4v) is 4.28. The summed E-state index contributed by atoms with van der Waals surface area (Å²) in [7, 11) is 1.59. The van der Waals surface area contributed by atoms with Gasteiger partial charge in [-0.05, 0) is 41.0 Å². The predicted molar refractivity (Wildman–Crippen MR) is 113 cm³/mol. The summed E-state index contributed by atoms with van der Waals surface area (Å²) >= 11 is 1.32. The Bertz CT molecular complexity index is 976. The number of hydrogen-bond donors (Lipinski definition) is 1. The monoisotopic (exact) mass is 425 g/mol. The number of nitrogens with zero attached hydrogens (tertiary/aromatic N) is 4. The molecule has 1 saturated heterocycles. The lowest BCUT2D eigenvalue weighted by Gasteiger charge is -2.17. The number of nitrogens with one attached hydrogen (secondary N) is 1. The van der Waals surface area contributed by atoms with Crippen molar-refractivity contribution in [2.45, 2.75) is 35.9 Å². The summed E-state index contributed by atoms with van der Waals surface area (Å²) in [5, 5.41) is 15.1. The maximum Gasteiger partial charge on any atom is 0.242 e. The molecule has 0 radical (unpaired) electrons. The first-order valence-corrected chi connectivity index (χ1v) is 10.6. The van der Waals surface area contributed by atoms with Gasteiger partial charge in [-0.15, -0.1) is 5.10 Å². The molecule has 4 rings (SSSR count). The van der Waals surface area contributed by atoms with E-state index in [1.54, 1.807) is 17.9 Å². The second-order valence-corrected chi connectivity index (χ2v) is 7.98. The lowest BCUT2D eigenvalue weighted by Crippen LogP contribution is -2.21. The average molecular weight is 426 g/mol. The van der Waals surface area contributed by atoms with E-state index in [4.69, 9.17) is 9.47 Å². The maximum atomic E-state index is 13.2. The van der Waals surface area contributed by atoms with E-state index in [1.807, 2.05) is 48.5 Å². The van der Waals surface area contributed by atoms with Gasteiger partial charge < -0.3 is 14.8 Å². The smallest absolute Gasteiger partial charge is 0.242 e. The van der Waals surface area contributed by atoms with Crippen molar-refractivity contribution in [2.24, 2.45) is 0 Å². The van der Waals surface area contributed by atoms with Crippen LogP contribution in [0.3, 0.4) is 0 Å². The Labute approximate surface area is 179 Å². The number of methoxy groups -OCH3 is 1. The van der Waals surface area contributed by atoms with E-state index >= 15 is 0 Å². The van der Waals surface area contributed by atoms with Gasteiger partial charge in [0.1, 0.15) is 11.0 Å². The molecule has 1 aliphatic heterocycles. The van der Waals surface area contributed by atoms with Crippen molar-refractivity contribution in [1.82, 2.24) is 20.2 Å². The molecule has 156 valence electrons. The molecule has 2 aromatic carbocycles. The third kappa shape index (κ3) is 4.98.